The fourth-order valence-electron chi connectivity index (χ4n) is 2.28. The third kappa shape index (κ3) is 3.75. The Bertz CT molecular complexity index is 581. The Morgan fingerprint density at radius 3 is 2.60 bits per heavy atom. The highest BCUT2D eigenvalue weighted by Crippen LogP contribution is 2.24. The SMILES string of the molecule is CNCc1ccc(N(C)Cc2cccc(C)c2)cc1Cl. The number of hydrogen-bond donors (Lipinski definition) is 1. The van der Waals surface area contributed by atoms with E-state index in [1.165, 1.54) is 11.1 Å². The first kappa shape index (κ1) is 14.9. The lowest BCUT2D eigenvalue weighted by Gasteiger charge is -2.20. The molecule has 0 spiro atoms. The van der Waals surface area contributed by atoms with Gasteiger partial charge < -0.3 is 10.2 Å². The van der Waals surface area contributed by atoms with E-state index in [0.717, 1.165) is 29.4 Å². The Hall–Kier alpha value is -1.51. The molecule has 2 aromatic carbocycles. The van der Waals surface area contributed by atoms with Gasteiger partial charge in [0.25, 0.3) is 0 Å². The molecule has 3 heteroatoms. The van der Waals surface area contributed by atoms with Gasteiger partial charge in [0.15, 0.2) is 0 Å². The van der Waals surface area contributed by atoms with Crippen LogP contribution in [-0.4, -0.2) is 14.1 Å². The summed E-state index contributed by atoms with van der Waals surface area (Å²) in [6.07, 6.45) is 0. The molecule has 20 heavy (non-hydrogen) atoms. The van der Waals surface area contributed by atoms with Crippen LogP contribution in [0.1, 0.15) is 16.7 Å². The minimum atomic E-state index is 0.792. The van der Waals surface area contributed by atoms with Crippen LogP contribution in [-0.2, 0) is 13.1 Å². The van der Waals surface area contributed by atoms with Crippen LogP contribution in [0.3, 0.4) is 0 Å². The van der Waals surface area contributed by atoms with E-state index >= 15 is 0 Å². The minimum Gasteiger partial charge on any atom is -0.370 e. The number of benzene rings is 2. The van der Waals surface area contributed by atoms with Gasteiger partial charge in [0, 0.05) is 30.8 Å². The van der Waals surface area contributed by atoms with Crippen molar-refractivity contribution in [2.24, 2.45) is 0 Å². The van der Waals surface area contributed by atoms with Gasteiger partial charge in [-0.3, -0.25) is 0 Å². The molecule has 0 fully saturated rings. The zero-order valence-corrected chi connectivity index (χ0v) is 13.0. The van der Waals surface area contributed by atoms with Crippen molar-refractivity contribution in [3.8, 4) is 0 Å². The molecule has 0 bridgehead atoms. The maximum atomic E-state index is 6.31. The number of anilines is 1. The maximum Gasteiger partial charge on any atom is 0.0471 e. The highest BCUT2D eigenvalue weighted by atomic mass is 35.5. The van der Waals surface area contributed by atoms with Gasteiger partial charge >= 0.3 is 0 Å². The van der Waals surface area contributed by atoms with Crippen molar-refractivity contribution >= 4 is 17.3 Å². The fourth-order valence-corrected chi connectivity index (χ4v) is 2.52. The van der Waals surface area contributed by atoms with Gasteiger partial charge in [-0.2, -0.15) is 0 Å². The van der Waals surface area contributed by atoms with E-state index in [1.54, 1.807) is 0 Å². The van der Waals surface area contributed by atoms with E-state index in [-0.39, 0.29) is 0 Å². The number of aryl methyl sites for hydroxylation is 1. The Balaban J connectivity index is 2.13. The molecule has 0 saturated carbocycles. The molecule has 0 aliphatic rings. The Labute approximate surface area is 126 Å². The first-order valence-electron chi connectivity index (χ1n) is 6.80. The Morgan fingerprint density at radius 1 is 1.15 bits per heavy atom. The molecule has 106 valence electrons. The van der Waals surface area contributed by atoms with E-state index in [2.05, 4.69) is 60.6 Å². The van der Waals surface area contributed by atoms with E-state index in [0.29, 0.717) is 0 Å². The van der Waals surface area contributed by atoms with Gasteiger partial charge in [0.1, 0.15) is 0 Å². The van der Waals surface area contributed by atoms with E-state index in [9.17, 15) is 0 Å². The molecule has 1 N–H and O–H groups in total. The second-order valence-corrected chi connectivity index (χ2v) is 5.56. The summed E-state index contributed by atoms with van der Waals surface area (Å²) in [5.74, 6) is 0. The standard InChI is InChI=1S/C17H21ClN2/c1-13-5-4-6-14(9-13)12-20(3)16-8-7-15(11-19-2)17(18)10-16/h4-10,19H,11-12H2,1-3H3. The zero-order chi connectivity index (χ0) is 14.5. The zero-order valence-electron chi connectivity index (χ0n) is 12.3. The maximum absolute atomic E-state index is 6.31. The van der Waals surface area contributed by atoms with Gasteiger partial charge in [-0.05, 0) is 37.2 Å². The van der Waals surface area contributed by atoms with E-state index in [1.807, 2.05) is 13.1 Å². The van der Waals surface area contributed by atoms with E-state index in [4.69, 9.17) is 11.6 Å². The fraction of sp³-hybridized carbons (Fsp3) is 0.294. The van der Waals surface area contributed by atoms with Crippen LogP contribution >= 0.6 is 11.6 Å². The molecule has 2 nitrogen and oxygen atoms in total. The molecule has 0 heterocycles. The largest absolute Gasteiger partial charge is 0.370 e. The van der Waals surface area contributed by atoms with E-state index < -0.39 is 0 Å². The molecule has 0 amide bonds. The molecule has 0 radical (unpaired) electrons. The van der Waals surface area contributed by atoms with Crippen LogP contribution in [0, 0.1) is 6.92 Å². The van der Waals surface area contributed by atoms with Crippen LogP contribution in [0.2, 0.25) is 5.02 Å². The number of halogens is 1. The van der Waals surface area contributed by atoms with Crippen LogP contribution in [0.25, 0.3) is 0 Å². The average Bonchev–Trinajstić information content (AvgIpc) is 2.41. The van der Waals surface area contributed by atoms with Crippen molar-refractivity contribution in [2.75, 3.05) is 19.0 Å². The van der Waals surface area contributed by atoms with Gasteiger partial charge in [0.2, 0.25) is 0 Å². The van der Waals surface area contributed by atoms with Crippen LogP contribution in [0.4, 0.5) is 5.69 Å². The average molecular weight is 289 g/mol. The molecular formula is C17H21ClN2. The summed E-state index contributed by atoms with van der Waals surface area (Å²) in [5.41, 5.74) is 4.86. The van der Waals surface area contributed by atoms with Crippen molar-refractivity contribution in [1.82, 2.24) is 5.32 Å². The van der Waals surface area contributed by atoms with Gasteiger partial charge in [-0.25, -0.2) is 0 Å². The lowest BCUT2D eigenvalue weighted by molar-refractivity contribution is 0.817. The number of rotatable bonds is 5. The Kier molecular flexibility index (Phi) is 5.05. The van der Waals surface area contributed by atoms with Gasteiger partial charge in [-0.15, -0.1) is 0 Å². The molecule has 2 rings (SSSR count). The predicted octanol–water partition coefficient (Wildman–Crippen LogP) is 4.00. The predicted molar refractivity (Wildman–Crippen MR) is 87.5 cm³/mol. The number of nitrogens with one attached hydrogen (secondary N) is 1. The van der Waals surface area contributed by atoms with Crippen LogP contribution in [0.15, 0.2) is 42.5 Å². The number of hydrogen-bond acceptors (Lipinski definition) is 2. The summed E-state index contributed by atoms with van der Waals surface area (Å²) in [4.78, 5) is 2.21. The highest BCUT2D eigenvalue weighted by molar-refractivity contribution is 6.31. The molecule has 0 aliphatic heterocycles. The summed E-state index contributed by atoms with van der Waals surface area (Å²) in [5, 5.41) is 3.93. The van der Waals surface area contributed by atoms with Gasteiger partial charge in [0.05, 0.1) is 0 Å². The van der Waals surface area contributed by atoms with Crippen molar-refractivity contribution in [2.45, 2.75) is 20.0 Å². The molecule has 0 saturated heterocycles. The summed E-state index contributed by atoms with van der Waals surface area (Å²) >= 11 is 6.31. The molecular weight excluding hydrogens is 268 g/mol. The van der Waals surface area contributed by atoms with Crippen LogP contribution < -0.4 is 10.2 Å². The summed E-state index contributed by atoms with van der Waals surface area (Å²) in [6.45, 7) is 3.79. The molecule has 0 atom stereocenters. The third-order valence-corrected chi connectivity index (χ3v) is 3.70. The van der Waals surface area contributed by atoms with Crippen molar-refractivity contribution in [3.05, 3.63) is 64.2 Å². The topological polar surface area (TPSA) is 15.3 Å². The third-order valence-electron chi connectivity index (χ3n) is 3.35. The summed E-state index contributed by atoms with van der Waals surface area (Å²) in [7, 11) is 4.01. The monoisotopic (exact) mass is 288 g/mol. The lowest BCUT2D eigenvalue weighted by Crippen LogP contribution is -2.16. The van der Waals surface area contributed by atoms with Crippen molar-refractivity contribution < 1.29 is 0 Å². The number of nitrogens with zero attached hydrogens (tertiary/aromatic N) is 1. The summed E-state index contributed by atoms with van der Waals surface area (Å²) < 4.78 is 0. The summed E-state index contributed by atoms with van der Waals surface area (Å²) in [6, 6.07) is 14.8. The van der Waals surface area contributed by atoms with Crippen molar-refractivity contribution in [1.29, 1.82) is 0 Å². The smallest absolute Gasteiger partial charge is 0.0471 e. The molecule has 0 aliphatic carbocycles. The lowest BCUT2D eigenvalue weighted by atomic mass is 10.1. The molecule has 2 aromatic rings. The van der Waals surface area contributed by atoms with Crippen molar-refractivity contribution in [3.63, 3.8) is 0 Å². The second kappa shape index (κ2) is 6.78. The normalized spacial score (nSPS) is 10.6. The first-order valence-corrected chi connectivity index (χ1v) is 7.17. The molecule has 0 aromatic heterocycles. The first-order chi connectivity index (χ1) is 9.60. The molecule has 0 unspecified atom stereocenters. The quantitative estimate of drug-likeness (QED) is 0.894. The second-order valence-electron chi connectivity index (χ2n) is 5.15. The van der Waals surface area contributed by atoms with Crippen LogP contribution in [0.5, 0.6) is 0 Å². The Morgan fingerprint density at radius 2 is 1.95 bits per heavy atom. The minimum absolute atomic E-state index is 0.792. The van der Waals surface area contributed by atoms with Gasteiger partial charge in [-0.1, -0.05) is 47.5 Å². The highest BCUT2D eigenvalue weighted by Gasteiger charge is 2.06.